The molecular formula is C20H14O3. The van der Waals surface area contributed by atoms with Crippen molar-refractivity contribution in [3.05, 3.63) is 72.8 Å². The standard InChI is InChI=1S/C20H14O3/c21-14-11-9-13(10-12-14)19-16-6-2-4-8-18(16)23-20(19)15-5-1-3-7-17(15)22/h1-12,21-22H. The van der Waals surface area contributed by atoms with E-state index in [1.807, 2.05) is 48.5 Å². The van der Waals surface area contributed by atoms with Crippen molar-refractivity contribution in [1.29, 1.82) is 0 Å². The summed E-state index contributed by atoms with van der Waals surface area (Å²) in [6.45, 7) is 0. The molecule has 0 saturated carbocycles. The van der Waals surface area contributed by atoms with Crippen molar-refractivity contribution in [2.45, 2.75) is 0 Å². The normalized spacial score (nSPS) is 11.0. The smallest absolute Gasteiger partial charge is 0.146 e. The van der Waals surface area contributed by atoms with E-state index >= 15 is 0 Å². The monoisotopic (exact) mass is 302 g/mol. The van der Waals surface area contributed by atoms with Crippen LogP contribution in [0.3, 0.4) is 0 Å². The number of furan rings is 1. The highest BCUT2D eigenvalue weighted by Crippen LogP contribution is 2.43. The van der Waals surface area contributed by atoms with Gasteiger partial charge in [0, 0.05) is 10.9 Å². The Kier molecular flexibility index (Phi) is 3.05. The van der Waals surface area contributed by atoms with Crippen molar-refractivity contribution in [2.75, 3.05) is 0 Å². The predicted molar refractivity (Wildman–Crippen MR) is 90.4 cm³/mol. The third-order valence-electron chi connectivity index (χ3n) is 3.90. The van der Waals surface area contributed by atoms with Crippen molar-refractivity contribution in [2.24, 2.45) is 0 Å². The predicted octanol–water partition coefficient (Wildman–Crippen LogP) is 5.18. The molecule has 0 aliphatic carbocycles. The van der Waals surface area contributed by atoms with E-state index in [9.17, 15) is 10.2 Å². The molecule has 4 aromatic rings. The van der Waals surface area contributed by atoms with Crippen molar-refractivity contribution in [3.8, 4) is 33.9 Å². The molecule has 0 spiro atoms. The molecule has 23 heavy (non-hydrogen) atoms. The molecule has 0 unspecified atom stereocenters. The number of hydrogen-bond donors (Lipinski definition) is 2. The maximum Gasteiger partial charge on any atom is 0.146 e. The van der Waals surface area contributed by atoms with Crippen LogP contribution < -0.4 is 0 Å². The van der Waals surface area contributed by atoms with Gasteiger partial charge in [-0.25, -0.2) is 0 Å². The van der Waals surface area contributed by atoms with Crippen LogP contribution in [0.25, 0.3) is 33.4 Å². The average Bonchev–Trinajstić information content (AvgIpc) is 2.95. The SMILES string of the molecule is Oc1ccc(-c2c(-c3ccccc3O)oc3ccccc23)cc1. The Morgan fingerprint density at radius 2 is 1.39 bits per heavy atom. The van der Waals surface area contributed by atoms with Gasteiger partial charge in [0.1, 0.15) is 22.8 Å². The Hall–Kier alpha value is -3.20. The van der Waals surface area contributed by atoms with E-state index < -0.39 is 0 Å². The Bertz CT molecular complexity index is 981. The van der Waals surface area contributed by atoms with Crippen LogP contribution in [0.5, 0.6) is 11.5 Å². The minimum absolute atomic E-state index is 0.173. The van der Waals surface area contributed by atoms with E-state index in [4.69, 9.17) is 4.42 Å². The molecule has 3 nitrogen and oxygen atoms in total. The quantitative estimate of drug-likeness (QED) is 0.536. The van der Waals surface area contributed by atoms with Crippen molar-refractivity contribution < 1.29 is 14.6 Å². The molecule has 0 fully saturated rings. The Morgan fingerprint density at radius 1 is 0.696 bits per heavy atom. The summed E-state index contributed by atoms with van der Waals surface area (Å²) in [5, 5.41) is 20.7. The molecule has 0 radical (unpaired) electrons. The van der Waals surface area contributed by atoms with Gasteiger partial charge in [0.05, 0.1) is 5.56 Å². The van der Waals surface area contributed by atoms with Gasteiger partial charge in [0.25, 0.3) is 0 Å². The second-order valence-corrected chi connectivity index (χ2v) is 5.37. The molecule has 3 heteroatoms. The largest absolute Gasteiger partial charge is 0.508 e. The first-order valence-corrected chi connectivity index (χ1v) is 7.33. The molecule has 1 heterocycles. The Balaban J connectivity index is 2.06. The van der Waals surface area contributed by atoms with E-state index in [1.165, 1.54) is 0 Å². The van der Waals surface area contributed by atoms with Crippen molar-refractivity contribution in [1.82, 2.24) is 0 Å². The zero-order valence-electron chi connectivity index (χ0n) is 12.2. The third kappa shape index (κ3) is 2.23. The van der Waals surface area contributed by atoms with Crippen LogP contribution in [0.2, 0.25) is 0 Å². The molecule has 0 saturated heterocycles. The molecule has 0 aliphatic rings. The number of aromatic hydroxyl groups is 2. The molecule has 1 aromatic heterocycles. The highest BCUT2D eigenvalue weighted by atomic mass is 16.3. The number of phenols is 2. The van der Waals surface area contributed by atoms with Gasteiger partial charge >= 0.3 is 0 Å². The second kappa shape index (κ2) is 5.21. The molecule has 0 bridgehead atoms. The van der Waals surface area contributed by atoms with E-state index in [1.54, 1.807) is 24.3 Å². The lowest BCUT2D eigenvalue weighted by Gasteiger charge is -2.06. The first-order chi connectivity index (χ1) is 11.2. The van der Waals surface area contributed by atoms with Gasteiger partial charge in [-0.15, -0.1) is 0 Å². The molecule has 112 valence electrons. The number of rotatable bonds is 2. The minimum Gasteiger partial charge on any atom is -0.508 e. The first-order valence-electron chi connectivity index (χ1n) is 7.33. The van der Waals surface area contributed by atoms with Gasteiger partial charge in [-0.1, -0.05) is 42.5 Å². The highest BCUT2D eigenvalue weighted by Gasteiger charge is 2.19. The van der Waals surface area contributed by atoms with Crippen LogP contribution in [-0.4, -0.2) is 10.2 Å². The van der Waals surface area contributed by atoms with Crippen LogP contribution in [0.1, 0.15) is 0 Å². The van der Waals surface area contributed by atoms with Crippen molar-refractivity contribution in [3.63, 3.8) is 0 Å². The van der Waals surface area contributed by atoms with Crippen LogP contribution in [-0.2, 0) is 0 Å². The fraction of sp³-hybridized carbons (Fsp3) is 0. The van der Waals surface area contributed by atoms with Crippen LogP contribution in [0.4, 0.5) is 0 Å². The highest BCUT2D eigenvalue weighted by molar-refractivity contribution is 6.02. The minimum atomic E-state index is 0.173. The van der Waals surface area contributed by atoms with E-state index in [-0.39, 0.29) is 11.5 Å². The second-order valence-electron chi connectivity index (χ2n) is 5.37. The van der Waals surface area contributed by atoms with Gasteiger partial charge in [0.15, 0.2) is 0 Å². The zero-order valence-corrected chi connectivity index (χ0v) is 12.2. The van der Waals surface area contributed by atoms with E-state index in [0.717, 1.165) is 22.1 Å². The lowest BCUT2D eigenvalue weighted by Crippen LogP contribution is -1.82. The lowest BCUT2D eigenvalue weighted by molar-refractivity contribution is 0.474. The summed E-state index contributed by atoms with van der Waals surface area (Å²) in [5.74, 6) is 1.01. The van der Waals surface area contributed by atoms with E-state index in [0.29, 0.717) is 11.3 Å². The maximum absolute atomic E-state index is 10.2. The summed E-state index contributed by atoms with van der Waals surface area (Å²) in [4.78, 5) is 0. The fourth-order valence-electron chi connectivity index (χ4n) is 2.82. The maximum atomic E-state index is 10.2. The molecule has 2 N–H and O–H groups in total. The third-order valence-corrected chi connectivity index (χ3v) is 3.90. The number of phenolic OH excluding ortho intramolecular Hbond substituents is 2. The van der Waals surface area contributed by atoms with Gasteiger partial charge in [-0.2, -0.15) is 0 Å². The van der Waals surface area contributed by atoms with Gasteiger partial charge in [-0.05, 0) is 35.9 Å². The van der Waals surface area contributed by atoms with Gasteiger partial charge in [-0.3, -0.25) is 0 Å². The molecule has 0 aliphatic heterocycles. The van der Waals surface area contributed by atoms with Gasteiger partial charge < -0.3 is 14.6 Å². The number of hydrogen-bond acceptors (Lipinski definition) is 3. The summed E-state index contributed by atoms with van der Waals surface area (Å²) < 4.78 is 6.03. The summed E-state index contributed by atoms with van der Waals surface area (Å²) in [6, 6.07) is 21.9. The molecule has 0 atom stereocenters. The summed E-state index contributed by atoms with van der Waals surface area (Å²) >= 11 is 0. The Labute approximate surface area is 133 Å². The van der Waals surface area contributed by atoms with Gasteiger partial charge in [0.2, 0.25) is 0 Å². The molecule has 0 amide bonds. The van der Waals surface area contributed by atoms with E-state index in [2.05, 4.69) is 0 Å². The topological polar surface area (TPSA) is 53.6 Å². The number of para-hydroxylation sites is 2. The molecule has 3 aromatic carbocycles. The first kappa shape index (κ1) is 13.5. The average molecular weight is 302 g/mol. The van der Waals surface area contributed by atoms with Crippen LogP contribution in [0.15, 0.2) is 77.2 Å². The zero-order chi connectivity index (χ0) is 15.8. The van der Waals surface area contributed by atoms with Crippen LogP contribution in [0, 0.1) is 0 Å². The summed E-state index contributed by atoms with van der Waals surface area (Å²) in [6.07, 6.45) is 0. The lowest BCUT2D eigenvalue weighted by atomic mass is 9.98. The molecule has 4 rings (SSSR count). The number of benzene rings is 3. The molecular weight excluding hydrogens is 288 g/mol. The number of fused-ring (bicyclic) bond motifs is 1. The fourth-order valence-corrected chi connectivity index (χ4v) is 2.82. The Morgan fingerprint density at radius 3 is 2.17 bits per heavy atom. The summed E-state index contributed by atoms with van der Waals surface area (Å²) in [5.41, 5.74) is 3.23. The van der Waals surface area contributed by atoms with Crippen LogP contribution >= 0.6 is 0 Å². The van der Waals surface area contributed by atoms with Crippen molar-refractivity contribution >= 4 is 11.0 Å². The summed E-state index contributed by atoms with van der Waals surface area (Å²) in [7, 11) is 0.